The van der Waals surface area contributed by atoms with Crippen molar-refractivity contribution in [2.45, 2.75) is 13.3 Å². The third-order valence-corrected chi connectivity index (χ3v) is 6.48. The fourth-order valence-corrected chi connectivity index (χ4v) is 4.60. The molecule has 0 unspecified atom stereocenters. The highest BCUT2D eigenvalue weighted by atomic mass is 35.5. The number of nitrogens with zero attached hydrogens (tertiary/aromatic N) is 1. The molecule has 0 aliphatic rings. The van der Waals surface area contributed by atoms with E-state index >= 15 is 0 Å². The van der Waals surface area contributed by atoms with Crippen LogP contribution in [0, 0.1) is 0 Å². The Morgan fingerprint density at radius 2 is 1.71 bits per heavy atom. The second-order valence-corrected chi connectivity index (χ2v) is 9.05. The molecule has 0 saturated carbocycles. The molecule has 2 amide bonds. The molecule has 182 valence electrons. The fourth-order valence-electron chi connectivity index (χ4n) is 3.14. The van der Waals surface area contributed by atoms with Crippen molar-refractivity contribution in [2.24, 2.45) is 0 Å². The predicted molar refractivity (Wildman–Crippen MR) is 140 cm³/mol. The summed E-state index contributed by atoms with van der Waals surface area (Å²) in [5.74, 6) is -0.937. The van der Waals surface area contributed by atoms with E-state index in [9.17, 15) is 14.4 Å². The van der Waals surface area contributed by atoms with Gasteiger partial charge in [0.05, 0.1) is 17.2 Å². The Bertz CT molecular complexity index is 1160. The predicted octanol–water partition coefficient (Wildman–Crippen LogP) is 5.09. The maximum absolute atomic E-state index is 12.8. The van der Waals surface area contributed by atoms with Crippen molar-refractivity contribution in [1.82, 2.24) is 10.2 Å². The van der Waals surface area contributed by atoms with Crippen LogP contribution in [0.15, 0.2) is 42.5 Å². The van der Waals surface area contributed by atoms with Crippen LogP contribution in [0.3, 0.4) is 0 Å². The number of anilines is 1. The van der Waals surface area contributed by atoms with Crippen LogP contribution in [0.5, 0.6) is 0 Å². The number of thiophene rings is 1. The molecule has 1 aromatic heterocycles. The molecule has 0 radical (unpaired) electrons. The van der Waals surface area contributed by atoms with Gasteiger partial charge in [0.15, 0.2) is 0 Å². The number of esters is 1. The topological polar surface area (TPSA) is 87.7 Å². The first-order valence-electron chi connectivity index (χ1n) is 10.5. The van der Waals surface area contributed by atoms with Crippen LogP contribution < -0.4 is 10.6 Å². The molecule has 2 N–H and O–H groups in total. The van der Waals surface area contributed by atoms with Crippen molar-refractivity contribution in [3.63, 3.8) is 0 Å². The highest BCUT2D eigenvalue weighted by molar-refractivity contribution is 7.21. The molecular weight excluding hydrogens is 497 g/mol. The summed E-state index contributed by atoms with van der Waals surface area (Å²) >= 11 is 7.64. The third kappa shape index (κ3) is 6.93. The molecular formula is C24H27Cl2N3O4S. The van der Waals surface area contributed by atoms with Gasteiger partial charge in [-0.15, -0.1) is 23.7 Å². The van der Waals surface area contributed by atoms with Crippen molar-refractivity contribution in [1.29, 1.82) is 0 Å². The van der Waals surface area contributed by atoms with E-state index in [0.29, 0.717) is 38.6 Å². The minimum absolute atomic E-state index is 0. The number of amides is 2. The fraction of sp³-hybridized carbons (Fsp3) is 0.292. The summed E-state index contributed by atoms with van der Waals surface area (Å²) in [7, 11) is 3.98. The van der Waals surface area contributed by atoms with Crippen LogP contribution in [0.4, 0.5) is 5.69 Å². The van der Waals surface area contributed by atoms with Gasteiger partial charge in [0.1, 0.15) is 4.88 Å². The van der Waals surface area contributed by atoms with E-state index in [1.54, 1.807) is 49.4 Å². The van der Waals surface area contributed by atoms with E-state index in [1.807, 2.05) is 14.1 Å². The summed E-state index contributed by atoms with van der Waals surface area (Å²) in [5.41, 5.74) is 1.47. The van der Waals surface area contributed by atoms with Crippen LogP contribution in [-0.2, 0) is 4.74 Å². The SMILES string of the molecule is CCOC(=O)c1ccc2c(Cl)c(C(=O)Nc3ccc(C(=O)NCCCN(C)C)cc3)sc2c1.Cl. The summed E-state index contributed by atoms with van der Waals surface area (Å²) in [5, 5.41) is 6.71. The van der Waals surface area contributed by atoms with Crippen molar-refractivity contribution in [2.75, 3.05) is 39.1 Å². The number of carbonyl (C=O) groups is 3. The largest absolute Gasteiger partial charge is 0.462 e. The summed E-state index contributed by atoms with van der Waals surface area (Å²) in [4.78, 5) is 39.4. The maximum Gasteiger partial charge on any atom is 0.338 e. The maximum atomic E-state index is 12.8. The molecule has 0 saturated heterocycles. The van der Waals surface area contributed by atoms with Gasteiger partial charge in [-0.1, -0.05) is 17.7 Å². The number of benzene rings is 2. The molecule has 0 aliphatic carbocycles. The van der Waals surface area contributed by atoms with Crippen LogP contribution in [-0.4, -0.2) is 56.5 Å². The molecule has 0 atom stereocenters. The van der Waals surface area contributed by atoms with E-state index in [1.165, 1.54) is 11.3 Å². The number of halogens is 2. The molecule has 3 aromatic rings. The molecule has 7 nitrogen and oxygen atoms in total. The zero-order chi connectivity index (χ0) is 24.0. The lowest BCUT2D eigenvalue weighted by molar-refractivity contribution is 0.0526. The van der Waals surface area contributed by atoms with E-state index in [-0.39, 0.29) is 30.8 Å². The number of nitrogens with one attached hydrogen (secondary N) is 2. The van der Waals surface area contributed by atoms with Crippen molar-refractivity contribution in [3.8, 4) is 0 Å². The molecule has 0 bridgehead atoms. The molecule has 0 aliphatic heterocycles. The average molecular weight is 524 g/mol. The number of carbonyl (C=O) groups excluding carboxylic acids is 3. The van der Waals surface area contributed by atoms with Gasteiger partial charge in [0.2, 0.25) is 0 Å². The summed E-state index contributed by atoms with van der Waals surface area (Å²) in [6.07, 6.45) is 0.865. The number of rotatable bonds is 9. The zero-order valence-corrected chi connectivity index (χ0v) is 21.5. The van der Waals surface area contributed by atoms with Crippen LogP contribution in [0.25, 0.3) is 10.1 Å². The lowest BCUT2D eigenvalue weighted by Crippen LogP contribution is -2.27. The first-order valence-corrected chi connectivity index (χ1v) is 11.7. The molecule has 1 heterocycles. The Kier molecular flexibility index (Phi) is 10.3. The van der Waals surface area contributed by atoms with Gasteiger partial charge < -0.3 is 20.3 Å². The summed E-state index contributed by atoms with van der Waals surface area (Å²) in [6, 6.07) is 11.7. The Morgan fingerprint density at radius 3 is 2.35 bits per heavy atom. The van der Waals surface area contributed by atoms with Gasteiger partial charge in [-0.2, -0.15) is 0 Å². The van der Waals surface area contributed by atoms with Gasteiger partial charge in [0.25, 0.3) is 11.8 Å². The minimum Gasteiger partial charge on any atom is -0.462 e. The lowest BCUT2D eigenvalue weighted by atomic mass is 10.1. The summed E-state index contributed by atoms with van der Waals surface area (Å²) in [6.45, 7) is 3.52. The molecule has 34 heavy (non-hydrogen) atoms. The second kappa shape index (κ2) is 12.7. The van der Waals surface area contributed by atoms with E-state index < -0.39 is 5.97 Å². The normalized spacial score (nSPS) is 10.6. The van der Waals surface area contributed by atoms with E-state index in [0.717, 1.165) is 17.7 Å². The van der Waals surface area contributed by atoms with Gasteiger partial charge in [-0.25, -0.2) is 4.79 Å². The standard InChI is InChI=1S/C24H26ClN3O4S.ClH/c1-4-32-24(31)16-8-11-18-19(14-16)33-21(20(18)25)23(30)27-17-9-6-15(7-10-17)22(29)26-12-5-13-28(2)3;/h6-11,14H,4-5,12-13H2,1-3H3,(H,26,29)(H,27,30);1H. The number of hydrogen-bond acceptors (Lipinski definition) is 6. The quantitative estimate of drug-likeness (QED) is 0.301. The minimum atomic E-state index is -0.420. The zero-order valence-electron chi connectivity index (χ0n) is 19.1. The highest BCUT2D eigenvalue weighted by Gasteiger charge is 2.19. The van der Waals surface area contributed by atoms with Crippen LogP contribution in [0.2, 0.25) is 5.02 Å². The lowest BCUT2D eigenvalue weighted by Gasteiger charge is -2.10. The Hall–Kier alpha value is -2.65. The first-order chi connectivity index (χ1) is 15.8. The summed E-state index contributed by atoms with van der Waals surface area (Å²) < 4.78 is 5.75. The molecule has 2 aromatic carbocycles. The number of hydrogen-bond donors (Lipinski definition) is 2. The van der Waals surface area contributed by atoms with Gasteiger partial charge in [-0.3, -0.25) is 9.59 Å². The van der Waals surface area contributed by atoms with Crippen molar-refractivity contribution >= 4 is 68.9 Å². The number of ether oxygens (including phenoxy) is 1. The van der Waals surface area contributed by atoms with Gasteiger partial charge >= 0.3 is 5.97 Å². The average Bonchev–Trinajstić information content (AvgIpc) is 3.13. The molecule has 0 spiro atoms. The highest BCUT2D eigenvalue weighted by Crippen LogP contribution is 2.36. The Labute approximate surface area is 213 Å². The smallest absolute Gasteiger partial charge is 0.338 e. The second-order valence-electron chi connectivity index (χ2n) is 7.62. The monoisotopic (exact) mass is 523 g/mol. The van der Waals surface area contributed by atoms with Crippen molar-refractivity contribution < 1.29 is 19.1 Å². The van der Waals surface area contributed by atoms with Crippen molar-refractivity contribution in [3.05, 3.63) is 63.5 Å². The molecule has 3 rings (SSSR count). The van der Waals surface area contributed by atoms with Crippen LogP contribution in [0.1, 0.15) is 43.7 Å². The van der Waals surface area contributed by atoms with E-state index in [2.05, 4.69) is 15.5 Å². The first kappa shape index (κ1) is 27.6. The number of fused-ring (bicyclic) bond motifs is 1. The Morgan fingerprint density at radius 1 is 1.03 bits per heavy atom. The molecule has 10 heteroatoms. The molecule has 0 fully saturated rings. The van der Waals surface area contributed by atoms with Gasteiger partial charge in [-0.05, 0) is 70.4 Å². The van der Waals surface area contributed by atoms with Crippen LogP contribution >= 0.6 is 35.3 Å². The third-order valence-electron chi connectivity index (χ3n) is 4.82. The Balaban J connectivity index is 0.00000408. The van der Waals surface area contributed by atoms with E-state index in [4.69, 9.17) is 16.3 Å². The van der Waals surface area contributed by atoms with Gasteiger partial charge in [0, 0.05) is 27.9 Å².